The maximum atomic E-state index is 12.3. The van der Waals surface area contributed by atoms with E-state index >= 15 is 0 Å². The predicted molar refractivity (Wildman–Crippen MR) is 85.2 cm³/mol. The summed E-state index contributed by atoms with van der Waals surface area (Å²) in [6.45, 7) is 0.177. The summed E-state index contributed by atoms with van der Waals surface area (Å²) in [7, 11) is -3.37. The summed E-state index contributed by atoms with van der Waals surface area (Å²) >= 11 is 0. The molecule has 6 heteroatoms. The molecule has 1 aliphatic carbocycles. The van der Waals surface area contributed by atoms with Crippen LogP contribution in [0.25, 0.3) is 0 Å². The molecule has 0 N–H and O–H groups in total. The molecule has 1 saturated heterocycles. The average molecular weight is 333 g/mol. The van der Waals surface area contributed by atoms with Crippen molar-refractivity contribution in [1.29, 1.82) is 0 Å². The van der Waals surface area contributed by atoms with Crippen molar-refractivity contribution < 1.29 is 18.0 Å². The third-order valence-electron chi connectivity index (χ3n) is 4.50. The van der Waals surface area contributed by atoms with Gasteiger partial charge in [-0.05, 0) is 31.4 Å². The molecule has 0 unspecified atom stereocenters. The van der Waals surface area contributed by atoms with E-state index in [1.807, 2.05) is 12.2 Å². The number of hydrogen-bond acceptors (Lipinski definition) is 4. The number of carbonyl (C=O) groups is 2. The Morgan fingerprint density at radius 2 is 1.52 bits per heavy atom. The van der Waals surface area contributed by atoms with Crippen LogP contribution in [-0.4, -0.2) is 37.4 Å². The van der Waals surface area contributed by atoms with Gasteiger partial charge in [-0.25, -0.2) is 8.42 Å². The van der Waals surface area contributed by atoms with Gasteiger partial charge in [0.1, 0.15) is 0 Å². The Morgan fingerprint density at radius 1 is 0.957 bits per heavy atom. The molecule has 5 nitrogen and oxygen atoms in total. The monoisotopic (exact) mass is 333 g/mol. The van der Waals surface area contributed by atoms with Crippen molar-refractivity contribution in [3.63, 3.8) is 0 Å². The molecule has 2 aliphatic rings. The van der Waals surface area contributed by atoms with Crippen LogP contribution in [0.4, 0.5) is 0 Å². The summed E-state index contributed by atoms with van der Waals surface area (Å²) in [5.41, 5.74) is 0. The van der Waals surface area contributed by atoms with Crippen LogP contribution in [0.3, 0.4) is 0 Å². The summed E-state index contributed by atoms with van der Waals surface area (Å²) in [5.74, 6) is -0.874. The zero-order valence-electron chi connectivity index (χ0n) is 12.7. The number of sulfone groups is 1. The number of allylic oxidation sites excluding steroid dienone is 2. The third kappa shape index (κ3) is 3.08. The van der Waals surface area contributed by atoms with Gasteiger partial charge in [-0.2, -0.15) is 0 Å². The molecule has 0 radical (unpaired) electrons. The number of rotatable bonds is 5. The molecule has 0 aromatic heterocycles. The van der Waals surface area contributed by atoms with E-state index < -0.39 is 9.84 Å². The molecule has 122 valence electrons. The van der Waals surface area contributed by atoms with Crippen LogP contribution in [0.5, 0.6) is 0 Å². The smallest absolute Gasteiger partial charge is 0.233 e. The quantitative estimate of drug-likeness (QED) is 0.608. The minimum atomic E-state index is -3.37. The van der Waals surface area contributed by atoms with E-state index in [1.54, 1.807) is 30.3 Å². The summed E-state index contributed by atoms with van der Waals surface area (Å²) in [4.78, 5) is 26.1. The van der Waals surface area contributed by atoms with Gasteiger partial charge in [0.05, 0.1) is 22.5 Å². The first-order valence-electron chi connectivity index (χ1n) is 7.79. The Morgan fingerprint density at radius 3 is 2.09 bits per heavy atom. The molecule has 0 spiro atoms. The van der Waals surface area contributed by atoms with E-state index in [0.29, 0.717) is 12.8 Å². The number of amides is 2. The standard InChI is InChI=1S/C17H19NO4S/c19-16-14-9-4-5-10-15(14)17(20)18(16)11-6-12-23(21,22)13-7-2-1-3-8-13/h1-5,7-8,14-15H,6,9-12H2/t14-,15+. The Balaban J connectivity index is 1.61. The molecule has 3 rings (SSSR count). The van der Waals surface area contributed by atoms with Crippen molar-refractivity contribution in [3.05, 3.63) is 42.5 Å². The van der Waals surface area contributed by atoms with Crippen LogP contribution in [0.1, 0.15) is 19.3 Å². The Hall–Kier alpha value is -1.95. The van der Waals surface area contributed by atoms with Crippen LogP contribution < -0.4 is 0 Å². The Labute approximate surface area is 135 Å². The highest BCUT2D eigenvalue weighted by molar-refractivity contribution is 7.91. The maximum absolute atomic E-state index is 12.3. The molecule has 1 aromatic rings. The van der Waals surface area contributed by atoms with Crippen molar-refractivity contribution in [1.82, 2.24) is 4.90 Å². The van der Waals surface area contributed by atoms with E-state index in [0.717, 1.165) is 0 Å². The number of hydrogen-bond donors (Lipinski definition) is 0. The number of nitrogens with zero attached hydrogens (tertiary/aromatic N) is 1. The number of fused-ring (bicyclic) bond motifs is 1. The highest BCUT2D eigenvalue weighted by atomic mass is 32.2. The van der Waals surface area contributed by atoms with Gasteiger partial charge in [-0.3, -0.25) is 14.5 Å². The van der Waals surface area contributed by atoms with Gasteiger partial charge in [0.2, 0.25) is 11.8 Å². The lowest BCUT2D eigenvalue weighted by Gasteiger charge is -2.14. The second kappa shape index (κ2) is 6.28. The van der Waals surface area contributed by atoms with E-state index in [4.69, 9.17) is 0 Å². The first kappa shape index (κ1) is 15.9. The van der Waals surface area contributed by atoms with Gasteiger partial charge < -0.3 is 0 Å². The minimum absolute atomic E-state index is 0.0678. The van der Waals surface area contributed by atoms with Gasteiger partial charge in [0.15, 0.2) is 9.84 Å². The van der Waals surface area contributed by atoms with Crippen molar-refractivity contribution >= 4 is 21.7 Å². The summed E-state index contributed by atoms with van der Waals surface area (Å²) < 4.78 is 24.4. The highest BCUT2D eigenvalue weighted by Crippen LogP contribution is 2.35. The van der Waals surface area contributed by atoms with E-state index in [-0.39, 0.29) is 47.3 Å². The predicted octanol–water partition coefficient (Wildman–Crippen LogP) is 1.80. The molecule has 0 bridgehead atoms. The van der Waals surface area contributed by atoms with Crippen LogP contribution in [0, 0.1) is 11.8 Å². The largest absolute Gasteiger partial charge is 0.282 e. The first-order chi connectivity index (χ1) is 11.0. The molecule has 2 amide bonds. The highest BCUT2D eigenvalue weighted by Gasteiger charge is 2.46. The minimum Gasteiger partial charge on any atom is -0.282 e. The van der Waals surface area contributed by atoms with Crippen molar-refractivity contribution in [2.24, 2.45) is 11.8 Å². The van der Waals surface area contributed by atoms with Gasteiger partial charge in [0.25, 0.3) is 0 Å². The lowest BCUT2D eigenvalue weighted by atomic mass is 9.85. The molecule has 1 fully saturated rings. The van der Waals surface area contributed by atoms with E-state index in [9.17, 15) is 18.0 Å². The summed E-state index contributed by atoms with van der Waals surface area (Å²) in [6, 6.07) is 8.23. The van der Waals surface area contributed by atoms with Gasteiger partial charge in [-0.15, -0.1) is 0 Å². The molecule has 1 heterocycles. The Kier molecular flexibility index (Phi) is 4.35. The Bertz CT molecular complexity index is 713. The lowest BCUT2D eigenvalue weighted by molar-refractivity contribution is -0.139. The lowest BCUT2D eigenvalue weighted by Crippen LogP contribution is -2.33. The zero-order chi connectivity index (χ0) is 16.4. The van der Waals surface area contributed by atoms with Gasteiger partial charge in [0, 0.05) is 6.54 Å². The number of benzene rings is 1. The van der Waals surface area contributed by atoms with Crippen LogP contribution in [-0.2, 0) is 19.4 Å². The van der Waals surface area contributed by atoms with Crippen molar-refractivity contribution in [2.45, 2.75) is 24.2 Å². The van der Waals surface area contributed by atoms with Crippen LogP contribution >= 0.6 is 0 Å². The molecule has 2 atom stereocenters. The fraction of sp³-hybridized carbons (Fsp3) is 0.412. The molecular formula is C17H19NO4S. The fourth-order valence-corrected chi connectivity index (χ4v) is 4.56. The maximum Gasteiger partial charge on any atom is 0.233 e. The molecule has 1 aliphatic heterocycles. The summed E-state index contributed by atoms with van der Waals surface area (Å²) in [6.07, 6.45) is 5.36. The SMILES string of the molecule is O=C1[C@H]2CC=CC[C@H]2C(=O)N1CCCS(=O)(=O)c1ccccc1. The zero-order valence-corrected chi connectivity index (χ0v) is 13.5. The van der Waals surface area contributed by atoms with E-state index in [1.165, 1.54) is 4.90 Å². The molecule has 23 heavy (non-hydrogen) atoms. The second-order valence-electron chi connectivity index (χ2n) is 5.97. The second-order valence-corrected chi connectivity index (χ2v) is 8.08. The fourth-order valence-electron chi connectivity index (χ4n) is 3.25. The molecular weight excluding hydrogens is 314 g/mol. The first-order valence-corrected chi connectivity index (χ1v) is 9.44. The molecule has 1 aromatic carbocycles. The number of likely N-dealkylation sites (tertiary alicyclic amines) is 1. The number of imide groups is 1. The topological polar surface area (TPSA) is 71.5 Å². The normalized spacial score (nSPS) is 24.1. The number of carbonyl (C=O) groups excluding carboxylic acids is 2. The van der Waals surface area contributed by atoms with E-state index in [2.05, 4.69) is 0 Å². The van der Waals surface area contributed by atoms with Crippen molar-refractivity contribution in [2.75, 3.05) is 12.3 Å². The summed E-state index contributed by atoms with van der Waals surface area (Å²) in [5, 5.41) is 0. The van der Waals surface area contributed by atoms with Gasteiger partial charge in [-0.1, -0.05) is 30.4 Å². The van der Waals surface area contributed by atoms with Crippen LogP contribution in [0.2, 0.25) is 0 Å². The third-order valence-corrected chi connectivity index (χ3v) is 6.31. The average Bonchev–Trinajstić information content (AvgIpc) is 2.81. The van der Waals surface area contributed by atoms with Crippen LogP contribution in [0.15, 0.2) is 47.4 Å². The van der Waals surface area contributed by atoms with Gasteiger partial charge >= 0.3 is 0 Å². The van der Waals surface area contributed by atoms with Crippen molar-refractivity contribution in [3.8, 4) is 0 Å². The molecule has 0 saturated carbocycles.